The number of carbonyl (C=O) groups excluding carboxylic acids is 1. The van der Waals surface area contributed by atoms with E-state index in [9.17, 15) is 9.90 Å². The first kappa shape index (κ1) is 25.3. The lowest BCUT2D eigenvalue weighted by molar-refractivity contribution is -0.124. The second-order valence-electron chi connectivity index (χ2n) is 8.87. The molecule has 1 atom stereocenters. The normalized spacial score (nSPS) is 12.1. The molecule has 0 spiro atoms. The Morgan fingerprint density at radius 2 is 1.79 bits per heavy atom. The Hall–Kier alpha value is -3.30. The fourth-order valence-corrected chi connectivity index (χ4v) is 3.61. The molecule has 2 heterocycles. The number of pyridine rings is 1. The molecule has 0 aliphatic heterocycles. The van der Waals surface area contributed by atoms with Gasteiger partial charge in [-0.25, -0.2) is 0 Å². The highest BCUT2D eigenvalue weighted by atomic mass is 16.5. The quantitative estimate of drug-likeness (QED) is 0.414. The molecule has 0 aliphatic carbocycles. The zero-order chi connectivity index (χ0) is 24.8. The van der Waals surface area contributed by atoms with Crippen molar-refractivity contribution in [2.24, 2.45) is 5.92 Å². The van der Waals surface area contributed by atoms with E-state index in [4.69, 9.17) is 14.4 Å². The zero-order valence-corrected chi connectivity index (χ0v) is 20.3. The predicted octanol–water partition coefficient (Wildman–Crippen LogP) is 2.77. The van der Waals surface area contributed by atoms with Crippen molar-refractivity contribution in [3.63, 3.8) is 0 Å². The molecule has 34 heavy (non-hydrogen) atoms. The molecule has 1 aromatic carbocycles. The van der Waals surface area contributed by atoms with Crippen molar-refractivity contribution in [1.29, 1.82) is 0 Å². The van der Waals surface area contributed by atoms with E-state index in [2.05, 4.69) is 34.3 Å². The molecule has 3 aromatic rings. The number of ether oxygens (including phenoxy) is 1. The van der Waals surface area contributed by atoms with Gasteiger partial charge < -0.3 is 24.8 Å². The Balaban J connectivity index is 1.72. The van der Waals surface area contributed by atoms with Crippen molar-refractivity contribution in [1.82, 2.24) is 20.4 Å². The summed E-state index contributed by atoms with van der Waals surface area (Å²) in [6.45, 7) is 9.53. The van der Waals surface area contributed by atoms with Crippen LogP contribution < -0.4 is 10.1 Å². The third-order valence-electron chi connectivity index (χ3n) is 5.28. The van der Waals surface area contributed by atoms with E-state index in [-0.39, 0.29) is 13.2 Å². The van der Waals surface area contributed by atoms with Crippen LogP contribution in [-0.4, -0.2) is 57.1 Å². The summed E-state index contributed by atoms with van der Waals surface area (Å²) >= 11 is 0. The van der Waals surface area contributed by atoms with Crippen molar-refractivity contribution < 1.29 is 24.3 Å². The van der Waals surface area contributed by atoms with Gasteiger partial charge in [0.25, 0.3) is 5.89 Å². The summed E-state index contributed by atoms with van der Waals surface area (Å²) in [7, 11) is 0. The summed E-state index contributed by atoms with van der Waals surface area (Å²) in [4.78, 5) is 20.2. The van der Waals surface area contributed by atoms with Gasteiger partial charge in [0.15, 0.2) is 0 Å². The molecule has 0 fully saturated rings. The van der Waals surface area contributed by atoms with Gasteiger partial charge in [0.1, 0.15) is 25.1 Å². The molecule has 0 aliphatic rings. The molecule has 1 unspecified atom stereocenters. The average Bonchev–Trinajstić information content (AvgIpc) is 3.28. The fourth-order valence-electron chi connectivity index (χ4n) is 3.61. The first-order valence-corrected chi connectivity index (χ1v) is 11.3. The Labute approximate surface area is 199 Å². The Bertz CT molecular complexity index is 1120. The van der Waals surface area contributed by atoms with Crippen molar-refractivity contribution in [3.8, 4) is 28.6 Å². The summed E-state index contributed by atoms with van der Waals surface area (Å²) in [5.41, 5.74) is 5.43. The number of carbonyl (C=O) groups is 1. The van der Waals surface area contributed by atoms with Crippen LogP contribution >= 0.6 is 0 Å². The van der Waals surface area contributed by atoms with E-state index < -0.39 is 18.6 Å². The van der Waals surface area contributed by atoms with E-state index in [0.717, 1.165) is 39.9 Å². The standard InChI is InChI=1S/C25H32N4O5/c1-14(2)6-21-15(3)7-19(10-26-21)25-28-24(29-34-25)18-8-16(4)23(17(5)9-18)33-13-20(31)11-27-22(32)12-30/h7-10,14,20,30-31H,6,11-13H2,1-5H3,(H,27,32). The molecule has 9 heteroatoms. The maximum atomic E-state index is 11.1. The lowest BCUT2D eigenvalue weighted by Gasteiger charge is -2.16. The second-order valence-corrected chi connectivity index (χ2v) is 8.87. The van der Waals surface area contributed by atoms with E-state index in [1.54, 1.807) is 6.20 Å². The minimum Gasteiger partial charge on any atom is -0.490 e. The SMILES string of the molecule is Cc1cc(-c2nc(-c3cc(C)c(OCC(O)CNC(=O)CO)c(C)c3)no2)cnc1CC(C)C. The first-order valence-electron chi connectivity index (χ1n) is 11.3. The number of nitrogens with zero attached hydrogens (tertiary/aromatic N) is 3. The van der Waals surface area contributed by atoms with Crippen LogP contribution in [0.15, 0.2) is 28.9 Å². The molecule has 0 bridgehead atoms. The number of nitrogens with one attached hydrogen (secondary N) is 1. The summed E-state index contributed by atoms with van der Waals surface area (Å²) in [5.74, 6) is 1.49. The van der Waals surface area contributed by atoms with Crippen LogP contribution in [0.4, 0.5) is 0 Å². The zero-order valence-electron chi connectivity index (χ0n) is 20.3. The smallest absolute Gasteiger partial charge is 0.259 e. The molecule has 9 nitrogen and oxygen atoms in total. The highest BCUT2D eigenvalue weighted by molar-refractivity contribution is 5.76. The second kappa shape index (κ2) is 11.2. The van der Waals surface area contributed by atoms with E-state index in [0.29, 0.717) is 23.4 Å². The van der Waals surface area contributed by atoms with E-state index in [1.807, 2.05) is 39.0 Å². The average molecular weight is 469 g/mol. The number of hydrogen-bond donors (Lipinski definition) is 3. The van der Waals surface area contributed by atoms with Crippen molar-refractivity contribution in [2.45, 2.75) is 47.1 Å². The minimum atomic E-state index is -0.905. The van der Waals surface area contributed by atoms with Crippen LogP contribution in [0.25, 0.3) is 22.8 Å². The number of aliphatic hydroxyl groups is 2. The topological polar surface area (TPSA) is 131 Å². The number of rotatable bonds is 10. The lowest BCUT2D eigenvalue weighted by Crippen LogP contribution is -2.36. The van der Waals surface area contributed by atoms with E-state index >= 15 is 0 Å². The number of aromatic nitrogens is 3. The predicted molar refractivity (Wildman–Crippen MR) is 127 cm³/mol. The van der Waals surface area contributed by atoms with Crippen LogP contribution in [0.3, 0.4) is 0 Å². The number of benzene rings is 1. The number of aryl methyl sites for hydroxylation is 3. The van der Waals surface area contributed by atoms with Gasteiger partial charge in [-0.2, -0.15) is 4.98 Å². The van der Waals surface area contributed by atoms with Gasteiger partial charge in [-0.05, 0) is 68.0 Å². The molecule has 2 aromatic heterocycles. The highest BCUT2D eigenvalue weighted by Crippen LogP contribution is 2.30. The van der Waals surface area contributed by atoms with Crippen LogP contribution in [-0.2, 0) is 11.2 Å². The van der Waals surface area contributed by atoms with Crippen molar-refractivity contribution >= 4 is 5.91 Å². The summed E-state index contributed by atoms with van der Waals surface area (Å²) < 4.78 is 11.3. The molecule has 182 valence electrons. The first-order chi connectivity index (χ1) is 16.2. The van der Waals surface area contributed by atoms with Crippen LogP contribution in [0.2, 0.25) is 0 Å². The van der Waals surface area contributed by atoms with Gasteiger partial charge >= 0.3 is 0 Å². The number of amides is 1. The van der Waals surface area contributed by atoms with Gasteiger partial charge in [-0.15, -0.1) is 0 Å². The molecule has 1 amide bonds. The largest absolute Gasteiger partial charge is 0.490 e. The molecule has 0 saturated heterocycles. The summed E-state index contributed by atoms with van der Waals surface area (Å²) in [5, 5.41) is 25.3. The molecule has 3 rings (SSSR count). The van der Waals surface area contributed by atoms with Gasteiger partial charge in [0, 0.05) is 24.0 Å². The Morgan fingerprint density at radius 1 is 1.12 bits per heavy atom. The summed E-state index contributed by atoms with van der Waals surface area (Å²) in [6.07, 6.45) is 1.78. The van der Waals surface area contributed by atoms with Crippen LogP contribution in [0, 0.1) is 26.7 Å². The number of aliphatic hydroxyl groups excluding tert-OH is 2. The monoisotopic (exact) mass is 468 g/mol. The Morgan fingerprint density at radius 3 is 2.41 bits per heavy atom. The molecular weight excluding hydrogens is 436 g/mol. The molecular formula is C25H32N4O5. The molecule has 0 radical (unpaired) electrons. The van der Waals surface area contributed by atoms with E-state index in [1.165, 1.54) is 0 Å². The van der Waals surface area contributed by atoms with Gasteiger partial charge in [-0.3, -0.25) is 9.78 Å². The molecule has 3 N–H and O–H groups in total. The van der Waals surface area contributed by atoms with Crippen molar-refractivity contribution in [3.05, 3.63) is 46.8 Å². The third-order valence-corrected chi connectivity index (χ3v) is 5.28. The maximum absolute atomic E-state index is 11.1. The minimum absolute atomic E-state index is 0.00174. The Kier molecular flexibility index (Phi) is 8.36. The van der Waals surface area contributed by atoms with Crippen molar-refractivity contribution in [2.75, 3.05) is 19.8 Å². The van der Waals surface area contributed by atoms with Gasteiger partial charge in [0.2, 0.25) is 11.7 Å². The van der Waals surface area contributed by atoms with Gasteiger partial charge in [-0.1, -0.05) is 19.0 Å². The maximum Gasteiger partial charge on any atom is 0.259 e. The lowest BCUT2D eigenvalue weighted by atomic mass is 10.0. The highest BCUT2D eigenvalue weighted by Gasteiger charge is 2.16. The third kappa shape index (κ3) is 6.39. The molecule has 0 saturated carbocycles. The summed E-state index contributed by atoms with van der Waals surface area (Å²) in [6, 6.07) is 5.81. The van der Waals surface area contributed by atoms with Crippen LogP contribution in [0.1, 0.15) is 36.2 Å². The van der Waals surface area contributed by atoms with Crippen LogP contribution in [0.5, 0.6) is 5.75 Å². The fraction of sp³-hybridized carbons (Fsp3) is 0.440. The van der Waals surface area contributed by atoms with Gasteiger partial charge in [0.05, 0.1) is 5.56 Å². The number of hydrogen-bond acceptors (Lipinski definition) is 8.